The molecule has 1 rings (SSSR count). The van der Waals surface area contributed by atoms with Crippen molar-refractivity contribution in [1.82, 2.24) is 4.72 Å². The van der Waals surface area contributed by atoms with Crippen molar-refractivity contribution in [1.29, 1.82) is 0 Å². The van der Waals surface area contributed by atoms with Gasteiger partial charge in [0.25, 0.3) is 10.0 Å². The fourth-order valence-corrected chi connectivity index (χ4v) is 3.17. The van der Waals surface area contributed by atoms with Gasteiger partial charge in [-0.1, -0.05) is 12.0 Å². The summed E-state index contributed by atoms with van der Waals surface area (Å²) in [6, 6.07) is 3.22. The Morgan fingerprint density at radius 3 is 2.64 bits per heavy atom. The van der Waals surface area contributed by atoms with E-state index in [1.54, 1.807) is 31.4 Å². The molecule has 0 unspecified atom stereocenters. The van der Waals surface area contributed by atoms with Crippen LogP contribution in [0.2, 0.25) is 0 Å². The number of sulfonamides is 1. The van der Waals surface area contributed by atoms with Gasteiger partial charge in [-0.15, -0.1) is 17.8 Å². The molecule has 0 fully saturated rings. The van der Waals surface area contributed by atoms with Gasteiger partial charge in [0, 0.05) is 0 Å². The van der Waals surface area contributed by atoms with Crippen LogP contribution in [0.25, 0.3) is 0 Å². The number of hydrogen-bond donors (Lipinski definition) is 1. The van der Waals surface area contributed by atoms with Crippen molar-refractivity contribution in [3.8, 4) is 12.3 Å². The van der Waals surface area contributed by atoms with Crippen LogP contribution >= 0.6 is 11.3 Å². The maximum Gasteiger partial charge on any atom is 0.251 e. The third kappa shape index (κ3) is 2.58. The Labute approximate surface area is 88.2 Å². The van der Waals surface area contributed by atoms with E-state index in [0.717, 1.165) is 11.3 Å². The molecule has 1 N–H and O–H groups in total. The van der Waals surface area contributed by atoms with E-state index < -0.39 is 15.6 Å². The SMILES string of the molecule is C#CC(C)(C)NS(=O)(=O)c1cccs1. The van der Waals surface area contributed by atoms with Gasteiger partial charge in [-0.2, -0.15) is 4.72 Å². The topological polar surface area (TPSA) is 46.2 Å². The molecule has 0 amide bonds. The average Bonchev–Trinajstić information content (AvgIpc) is 2.54. The van der Waals surface area contributed by atoms with Crippen molar-refractivity contribution in [2.24, 2.45) is 0 Å². The standard InChI is InChI=1S/C9H11NO2S2/c1-4-9(2,3)10-14(11,12)8-6-5-7-13-8/h1,5-7,10H,2-3H3. The third-order valence-corrected chi connectivity index (χ3v) is 4.56. The Bertz CT molecular complexity index is 438. The van der Waals surface area contributed by atoms with Gasteiger partial charge in [0.15, 0.2) is 0 Å². The number of terminal acetylenes is 1. The van der Waals surface area contributed by atoms with Crippen LogP contribution in [0.15, 0.2) is 21.7 Å². The molecule has 0 saturated heterocycles. The summed E-state index contributed by atoms with van der Waals surface area (Å²) in [5.41, 5.74) is -0.858. The summed E-state index contributed by atoms with van der Waals surface area (Å²) in [6.07, 6.45) is 5.19. The Kier molecular flexibility index (Phi) is 3.00. The van der Waals surface area contributed by atoms with Crippen LogP contribution in [0.4, 0.5) is 0 Å². The highest BCUT2D eigenvalue weighted by molar-refractivity contribution is 7.91. The normalized spacial score (nSPS) is 12.4. The van der Waals surface area contributed by atoms with Crippen LogP contribution in [0.3, 0.4) is 0 Å². The Morgan fingerprint density at radius 1 is 1.57 bits per heavy atom. The Morgan fingerprint density at radius 2 is 2.21 bits per heavy atom. The molecule has 0 aliphatic carbocycles. The summed E-state index contributed by atoms with van der Waals surface area (Å²) in [5, 5.41) is 1.71. The first-order valence-electron chi connectivity index (χ1n) is 3.93. The van der Waals surface area contributed by atoms with Crippen molar-refractivity contribution < 1.29 is 8.42 Å². The minimum absolute atomic E-state index is 0.279. The molecule has 0 aliphatic rings. The van der Waals surface area contributed by atoms with Gasteiger partial charge >= 0.3 is 0 Å². The average molecular weight is 229 g/mol. The van der Waals surface area contributed by atoms with Gasteiger partial charge in [-0.25, -0.2) is 8.42 Å². The fourth-order valence-electron chi connectivity index (χ4n) is 0.832. The lowest BCUT2D eigenvalue weighted by molar-refractivity contribution is 0.541. The lowest BCUT2D eigenvalue weighted by Crippen LogP contribution is -2.41. The molecule has 0 bridgehead atoms. The van der Waals surface area contributed by atoms with Crippen molar-refractivity contribution >= 4 is 21.4 Å². The van der Waals surface area contributed by atoms with Crippen molar-refractivity contribution in [3.05, 3.63) is 17.5 Å². The third-order valence-electron chi connectivity index (χ3n) is 1.51. The molecule has 0 atom stereocenters. The van der Waals surface area contributed by atoms with Crippen LogP contribution in [0.5, 0.6) is 0 Å². The molecule has 0 aromatic carbocycles. The first kappa shape index (κ1) is 11.2. The highest BCUT2D eigenvalue weighted by Gasteiger charge is 2.24. The van der Waals surface area contributed by atoms with Gasteiger partial charge in [-0.3, -0.25) is 0 Å². The van der Waals surface area contributed by atoms with E-state index in [0.29, 0.717) is 0 Å². The summed E-state index contributed by atoms with van der Waals surface area (Å²) in [4.78, 5) is 0. The summed E-state index contributed by atoms with van der Waals surface area (Å²) in [7, 11) is -3.46. The Balaban J connectivity index is 2.97. The lowest BCUT2D eigenvalue weighted by Gasteiger charge is -2.18. The van der Waals surface area contributed by atoms with Crippen LogP contribution in [0, 0.1) is 12.3 Å². The van der Waals surface area contributed by atoms with E-state index in [1.165, 1.54) is 0 Å². The first-order chi connectivity index (χ1) is 6.37. The van der Waals surface area contributed by atoms with Crippen LogP contribution in [0.1, 0.15) is 13.8 Å². The number of hydrogen-bond acceptors (Lipinski definition) is 3. The minimum atomic E-state index is -3.46. The Hall–Kier alpha value is -0.830. The molecule has 0 spiro atoms. The number of nitrogens with one attached hydrogen (secondary N) is 1. The first-order valence-corrected chi connectivity index (χ1v) is 6.29. The van der Waals surface area contributed by atoms with Gasteiger partial charge in [-0.05, 0) is 25.3 Å². The maximum atomic E-state index is 11.7. The highest BCUT2D eigenvalue weighted by atomic mass is 32.2. The van der Waals surface area contributed by atoms with Crippen molar-refractivity contribution in [3.63, 3.8) is 0 Å². The summed E-state index contributed by atoms with van der Waals surface area (Å²) in [6.45, 7) is 3.27. The zero-order chi connectivity index (χ0) is 10.8. The van der Waals surface area contributed by atoms with Gasteiger partial charge in [0.05, 0.1) is 5.54 Å². The van der Waals surface area contributed by atoms with E-state index in [1.807, 2.05) is 0 Å². The largest absolute Gasteiger partial charge is 0.251 e. The predicted octanol–water partition coefficient (Wildman–Crippen LogP) is 1.44. The molecule has 3 nitrogen and oxygen atoms in total. The zero-order valence-corrected chi connectivity index (χ0v) is 9.58. The molecule has 14 heavy (non-hydrogen) atoms. The highest BCUT2D eigenvalue weighted by Crippen LogP contribution is 2.17. The molecule has 0 saturated carbocycles. The van der Waals surface area contributed by atoms with Crippen molar-refractivity contribution in [2.45, 2.75) is 23.6 Å². The van der Waals surface area contributed by atoms with E-state index in [2.05, 4.69) is 10.6 Å². The molecular weight excluding hydrogens is 218 g/mol. The van der Waals surface area contributed by atoms with E-state index in [-0.39, 0.29) is 4.21 Å². The summed E-state index contributed by atoms with van der Waals surface area (Å²) < 4.78 is 26.1. The molecule has 0 radical (unpaired) electrons. The monoisotopic (exact) mass is 229 g/mol. The van der Waals surface area contributed by atoms with Crippen LogP contribution in [-0.4, -0.2) is 14.0 Å². The molecule has 1 aromatic heterocycles. The second-order valence-electron chi connectivity index (χ2n) is 3.31. The quantitative estimate of drug-likeness (QED) is 0.797. The fraction of sp³-hybridized carbons (Fsp3) is 0.333. The zero-order valence-electron chi connectivity index (χ0n) is 7.94. The lowest BCUT2D eigenvalue weighted by atomic mass is 10.1. The number of thiophene rings is 1. The van der Waals surface area contributed by atoms with Gasteiger partial charge in [0.2, 0.25) is 0 Å². The second-order valence-corrected chi connectivity index (χ2v) is 6.16. The molecule has 76 valence electrons. The predicted molar refractivity (Wildman–Crippen MR) is 57.6 cm³/mol. The van der Waals surface area contributed by atoms with E-state index in [4.69, 9.17) is 6.42 Å². The smallest absolute Gasteiger partial charge is 0.206 e. The number of rotatable bonds is 3. The summed E-state index contributed by atoms with van der Waals surface area (Å²) >= 11 is 1.16. The van der Waals surface area contributed by atoms with Gasteiger partial charge < -0.3 is 0 Å². The van der Waals surface area contributed by atoms with E-state index in [9.17, 15) is 8.42 Å². The second kappa shape index (κ2) is 3.73. The molecule has 1 heterocycles. The van der Waals surface area contributed by atoms with E-state index >= 15 is 0 Å². The minimum Gasteiger partial charge on any atom is -0.206 e. The maximum absolute atomic E-state index is 11.7. The van der Waals surface area contributed by atoms with Crippen LogP contribution < -0.4 is 4.72 Å². The van der Waals surface area contributed by atoms with Gasteiger partial charge in [0.1, 0.15) is 4.21 Å². The molecular formula is C9H11NO2S2. The van der Waals surface area contributed by atoms with Crippen molar-refractivity contribution in [2.75, 3.05) is 0 Å². The molecule has 1 aromatic rings. The summed E-state index contributed by atoms with van der Waals surface area (Å²) in [5.74, 6) is 2.37. The molecule has 5 heteroatoms. The van der Waals surface area contributed by atoms with Crippen LogP contribution in [-0.2, 0) is 10.0 Å². The molecule has 0 aliphatic heterocycles.